The zero-order valence-corrected chi connectivity index (χ0v) is 7.09. The van der Waals surface area contributed by atoms with Crippen molar-refractivity contribution in [3.63, 3.8) is 0 Å². The predicted octanol–water partition coefficient (Wildman–Crippen LogP) is 0.491. The first-order valence-corrected chi connectivity index (χ1v) is 3.27. The lowest BCUT2D eigenvalue weighted by molar-refractivity contribution is -0.145. The molecule has 0 spiro atoms. The van der Waals surface area contributed by atoms with Gasteiger partial charge >= 0.3 is 12.1 Å². The summed E-state index contributed by atoms with van der Waals surface area (Å²) < 4.78 is 8.45. The second-order valence-electron chi connectivity index (χ2n) is 1.42. The van der Waals surface area contributed by atoms with Gasteiger partial charge in [-0.15, -0.1) is 0 Å². The van der Waals surface area contributed by atoms with E-state index in [0.29, 0.717) is 0 Å². The standard InChI is InChI=1S/C5H6BrNO4/c1-3(6)4(8)10-2-11-5(7)9/h1-2H2,(H2,7,9). The van der Waals surface area contributed by atoms with Crippen LogP contribution < -0.4 is 5.73 Å². The third kappa shape index (κ3) is 5.41. The minimum atomic E-state index is -1.00. The van der Waals surface area contributed by atoms with Gasteiger partial charge in [-0.1, -0.05) is 6.58 Å². The monoisotopic (exact) mass is 223 g/mol. The van der Waals surface area contributed by atoms with Crippen molar-refractivity contribution < 1.29 is 19.1 Å². The van der Waals surface area contributed by atoms with Gasteiger partial charge in [-0.25, -0.2) is 9.59 Å². The molecule has 11 heavy (non-hydrogen) atoms. The number of esters is 1. The third-order valence-electron chi connectivity index (χ3n) is 0.613. The molecule has 0 aliphatic carbocycles. The minimum absolute atomic E-state index is 0.0468. The summed E-state index contributed by atoms with van der Waals surface area (Å²) >= 11 is 2.77. The van der Waals surface area contributed by atoms with E-state index >= 15 is 0 Å². The van der Waals surface area contributed by atoms with Crippen LogP contribution in [0.25, 0.3) is 0 Å². The van der Waals surface area contributed by atoms with E-state index in [2.05, 4.69) is 37.7 Å². The fraction of sp³-hybridized carbons (Fsp3) is 0.200. The summed E-state index contributed by atoms with van der Waals surface area (Å²) in [6, 6.07) is 0. The van der Waals surface area contributed by atoms with Crippen LogP contribution in [0.1, 0.15) is 0 Å². The predicted molar refractivity (Wildman–Crippen MR) is 39.7 cm³/mol. The highest BCUT2D eigenvalue weighted by Gasteiger charge is 2.04. The van der Waals surface area contributed by atoms with Crippen LogP contribution in [-0.4, -0.2) is 18.9 Å². The molecule has 0 rings (SSSR count). The highest BCUT2D eigenvalue weighted by atomic mass is 79.9. The topological polar surface area (TPSA) is 78.6 Å². The largest absolute Gasteiger partial charge is 0.424 e. The Balaban J connectivity index is 3.47. The van der Waals surface area contributed by atoms with Crippen molar-refractivity contribution in [3.8, 4) is 0 Å². The maximum absolute atomic E-state index is 10.5. The second kappa shape index (κ2) is 4.73. The van der Waals surface area contributed by atoms with Gasteiger partial charge < -0.3 is 15.2 Å². The van der Waals surface area contributed by atoms with E-state index in [-0.39, 0.29) is 4.48 Å². The molecule has 0 unspecified atom stereocenters. The Morgan fingerprint density at radius 1 is 1.45 bits per heavy atom. The molecule has 0 radical (unpaired) electrons. The Hall–Kier alpha value is -1.04. The molecule has 0 aliphatic heterocycles. The molecule has 6 heteroatoms. The van der Waals surface area contributed by atoms with Crippen LogP contribution in [0.5, 0.6) is 0 Å². The number of hydrogen-bond acceptors (Lipinski definition) is 4. The molecule has 0 atom stereocenters. The molecule has 2 N–H and O–H groups in total. The Bertz CT molecular complexity index is 191. The van der Waals surface area contributed by atoms with Crippen molar-refractivity contribution >= 4 is 28.0 Å². The van der Waals surface area contributed by atoms with Crippen molar-refractivity contribution in [1.29, 1.82) is 0 Å². The van der Waals surface area contributed by atoms with Crippen molar-refractivity contribution in [3.05, 3.63) is 11.1 Å². The van der Waals surface area contributed by atoms with Crippen molar-refractivity contribution in [2.75, 3.05) is 6.79 Å². The quantitative estimate of drug-likeness (QED) is 0.429. The summed E-state index contributed by atoms with van der Waals surface area (Å²) in [5, 5.41) is 0. The summed E-state index contributed by atoms with van der Waals surface area (Å²) in [6.45, 7) is 2.72. The van der Waals surface area contributed by atoms with Crippen LogP contribution in [0.2, 0.25) is 0 Å². The number of carbonyl (C=O) groups is 2. The summed E-state index contributed by atoms with van der Waals surface area (Å²) in [6.07, 6.45) is -1.00. The highest BCUT2D eigenvalue weighted by molar-refractivity contribution is 9.12. The number of amides is 1. The lowest BCUT2D eigenvalue weighted by atomic mass is 10.7. The Kier molecular flexibility index (Phi) is 4.28. The minimum Gasteiger partial charge on any atom is -0.424 e. The van der Waals surface area contributed by atoms with Gasteiger partial charge in [0.05, 0.1) is 4.48 Å². The van der Waals surface area contributed by atoms with E-state index in [1.54, 1.807) is 0 Å². The van der Waals surface area contributed by atoms with Gasteiger partial charge in [0.15, 0.2) is 0 Å². The van der Waals surface area contributed by atoms with Crippen molar-refractivity contribution in [2.24, 2.45) is 5.73 Å². The van der Waals surface area contributed by atoms with Crippen LogP contribution in [0, 0.1) is 0 Å². The molecule has 5 nitrogen and oxygen atoms in total. The van der Waals surface area contributed by atoms with E-state index in [1.165, 1.54) is 0 Å². The maximum Gasteiger partial charge on any atom is 0.407 e. The molecule has 0 aromatic carbocycles. The number of nitrogens with two attached hydrogens (primary N) is 1. The molecule has 0 aromatic heterocycles. The summed E-state index contributed by atoms with van der Waals surface area (Å²) in [5.41, 5.74) is 4.57. The van der Waals surface area contributed by atoms with E-state index in [9.17, 15) is 9.59 Å². The Labute approximate surface area is 71.3 Å². The smallest absolute Gasteiger partial charge is 0.407 e. The van der Waals surface area contributed by atoms with E-state index in [0.717, 1.165) is 0 Å². The van der Waals surface area contributed by atoms with Crippen LogP contribution in [0.4, 0.5) is 4.79 Å². The SMILES string of the molecule is C=C(Br)C(=O)OCOC(N)=O. The maximum atomic E-state index is 10.5. The number of rotatable bonds is 3. The molecular weight excluding hydrogens is 218 g/mol. The first-order chi connectivity index (χ1) is 5.04. The fourth-order valence-electron chi connectivity index (χ4n) is 0.219. The average molecular weight is 224 g/mol. The van der Waals surface area contributed by atoms with Gasteiger partial charge in [-0.2, -0.15) is 0 Å². The Morgan fingerprint density at radius 2 is 2.00 bits per heavy atom. The number of hydrogen-bond donors (Lipinski definition) is 1. The molecule has 0 aromatic rings. The van der Waals surface area contributed by atoms with Gasteiger partial charge in [-0.05, 0) is 15.9 Å². The van der Waals surface area contributed by atoms with E-state index < -0.39 is 18.9 Å². The number of ether oxygens (including phenoxy) is 2. The molecular formula is C5H6BrNO4. The van der Waals surface area contributed by atoms with Crippen molar-refractivity contribution in [2.45, 2.75) is 0 Å². The molecule has 1 amide bonds. The first kappa shape index (κ1) is 9.96. The van der Waals surface area contributed by atoms with Crippen molar-refractivity contribution in [1.82, 2.24) is 0 Å². The average Bonchev–Trinajstić information content (AvgIpc) is 1.86. The number of carbonyl (C=O) groups excluding carboxylic acids is 2. The van der Waals surface area contributed by atoms with Gasteiger partial charge in [-0.3, -0.25) is 0 Å². The number of halogens is 1. The molecule has 0 heterocycles. The van der Waals surface area contributed by atoms with Gasteiger partial charge in [0, 0.05) is 0 Å². The second-order valence-corrected chi connectivity index (χ2v) is 2.38. The fourth-order valence-corrected chi connectivity index (χ4v) is 0.334. The molecule has 0 fully saturated rings. The zero-order valence-electron chi connectivity index (χ0n) is 5.50. The molecule has 62 valence electrons. The highest BCUT2D eigenvalue weighted by Crippen LogP contribution is 2.02. The van der Waals surface area contributed by atoms with Crippen LogP contribution in [0.15, 0.2) is 11.1 Å². The van der Waals surface area contributed by atoms with Crippen LogP contribution in [-0.2, 0) is 14.3 Å². The van der Waals surface area contributed by atoms with Gasteiger partial charge in [0.2, 0.25) is 6.79 Å². The summed E-state index contributed by atoms with van der Waals surface area (Å²) in [4.78, 5) is 20.4. The number of primary amides is 1. The normalized spacial score (nSPS) is 8.45. The first-order valence-electron chi connectivity index (χ1n) is 2.48. The molecule has 0 aliphatic rings. The lowest BCUT2D eigenvalue weighted by Gasteiger charge is -2.01. The summed E-state index contributed by atoms with van der Waals surface area (Å²) in [5.74, 6) is -0.703. The zero-order chi connectivity index (χ0) is 8.85. The summed E-state index contributed by atoms with van der Waals surface area (Å²) in [7, 11) is 0. The van der Waals surface area contributed by atoms with E-state index in [4.69, 9.17) is 0 Å². The van der Waals surface area contributed by atoms with Gasteiger partial charge in [0.25, 0.3) is 0 Å². The van der Waals surface area contributed by atoms with Crippen LogP contribution in [0.3, 0.4) is 0 Å². The lowest BCUT2D eigenvalue weighted by Crippen LogP contribution is -2.17. The van der Waals surface area contributed by atoms with E-state index in [1.807, 2.05) is 0 Å². The van der Waals surface area contributed by atoms with Gasteiger partial charge in [0.1, 0.15) is 0 Å². The van der Waals surface area contributed by atoms with Crippen LogP contribution >= 0.6 is 15.9 Å². The molecule has 0 bridgehead atoms. The molecule has 0 saturated carbocycles. The molecule has 0 saturated heterocycles. The Morgan fingerprint density at radius 3 is 2.36 bits per heavy atom. The third-order valence-corrected chi connectivity index (χ3v) is 0.936.